The minimum Gasteiger partial charge on any atom is -0.477 e. The van der Waals surface area contributed by atoms with Crippen molar-refractivity contribution in [2.75, 3.05) is 47.5 Å². The number of carbonyl (C=O) groups excluding carboxylic acids is 2. The van der Waals surface area contributed by atoms with Gasteiger partial charge in [-0.3, -0.25) is 9.59 Å². The number of rotatable bonds is 65. The summed E-state index contributed by atoms with van der Waals surface area (Å²) in [7, 11) is 5.95. The van der Waals surface area contributed by atoms with Gasteiger partial charge >= 0.3 is 17.9 Å². The van der Waals surface area contributed by atoms with Crippen LogP contribution in [0.1, 0.15) is 245 Å². The molecule has 0 aliphatic carbocycles. The van der Waals surface area contributed by atoms with Crippen LogP contribution in [0.2, 0.25) is 0 Å². The van der Waals surface area contributed by atoms with Crippen LogP contribution in [-0.2, 0) is 33.3 Å². The van der Waals surface area contributed by atoms with Gasteiger partial charge in [-0.05, 0) is 154 Å². The van der Waals surface area contributed by atoms with E-state index >= 15 is 0 Å². The number of carboxylic acids is 1. The average molecular weight is 1310 g/mol. The zero-order valence-electron chi connectivity index (χ0n) is 60.5. The van der Waals surface area contributed by atoms with Gasteiger partial charge in [0.1, 0.15) is 13.2 Å². The van der Waals surface area contributed by atoms with Crippen molar-refractivity contribution in [1.29, 1.82) is 0 Å². The van der Waals surface area contributed by atoms with Crippen molar-refractivity contribution in [3.63, 3.8) is 0 Å². The van der Waals surface area contributed by atoms with Crippen molar-refractivity contribution in [3.8, 4) is 0 Å². The number of ether oxygens (including phenoxy) is 4. The summed E-state index contributed by atoms with van der Waals surface area (Å²) in [6.45, 7) is 4.58. The molecule has 2 unspecified atom stereocenters. The molecule has 0 spiro atoms. The van der Waals surface area contributed by atoms with Gasteiger partial charge in [-0.15, -0.1) is 0 Å². The molecule has 0 saturated carbocycles. The maximum atomic E-state index is 13.0. The van der Waals surface area contributed by atoms with Crippen molar-refractivity contribution in [2.45, 2.75) is 257 Å². The van der Waals surface area contributed by atoms with Crippen LogP contribution in [0.5, 0.6) is 0 Å². The number of hydrogen-bond donors (Lipinski definition) is 1. The minimum atomic E-state index is -1.54. The molecule has 0 radical (unpaired) electrons. The minimum absolute atomic E-state index is 0.168. The molecule has 0 aromatic heterocycles. The smallest absolute Gasteiger partial charge is 0.361 e. The molecule has 2 atom stereocenters. The van der Waals surface area contributed by atoms with E-state index in [1.54, 1.807) is 0 Å². The Labute approximate surface area is 581 Å². The van der Waals surface area contributed by atoms with Crippen LogP contribution in [0, 0.1) is 0 Å². The summed E-state index contributed by atoms with van der Waals surface area (Å²) >= 11 is 0. The summed E-state index contributed by atoms with van der Waals surface area (Å²) < 4.78 is 22.9. The highest BCUT2D eigenvalue weighted by Gasteiger charge is 2.25. The number of hydrogen-bond acceptors (Lipinski definition) is 7. The van der Waals surface area contributed by atoms with E-state index < -0.39 is 24.3 Å². The topological polar surface area (TPSA) is 108 Å². The summed E-state index contributed by atoms with van der Waals surface area (Å²) in [5, 5.41) is 9.76. The lowest BCUT2D eigenvalue weighted by Crippen LogP contribution is -2.40. The predicted molar refractivity (Wildman–Crippen MR) is 409 cm³/mol. The van der Waals surface area contributed by atoms with Gasteiger partial charge in [0.2, 0.25) is 0 Å². The molecule has 0 saturated heterocycles. The third-order valence-electron chi connectivity index (χ3n) is 14.7. The lowest BCUT2D eigenvalue weighted by atomic mass is 10.0. The van der Waals surface area contributed by atoms with Crippen molar-refractivity contribution in [2.24, 2.45) is 0 Å². The number of quaternary nitrogens is 1. The molecule has 0 aliphatic rings. The number of allylic oxidation sites excluding steroid dienone is 36. The number of nitrogens with zero attached hydrogens (tertiary/aromatic N) is 1. The Kier molecular flexibility index (Phi) is 68.5. The first kappa shape index (κ1) is 88.6. The van der Waals surface area contributed by atoms with E-state index in [1.807, 2.05) is 21.1 Å². The van der Waals surface area contributed by atoms with Crippen LogP contribution in [0.4, 0.5) is 0 Å². The molecular formula is C86H134NO8+. The summed E-state index contributed by atoms with van der Waals surface area (Å²) in [5.74, 6) is -2.08. The summed E-state index contributed by atoms with van der Waals surface area (Å²) in [4.78, 5) is 37.7. The molecule has 1 N–H and O–H groups in total. The third-order valence-corrected chi connectivity index (χ3v) is 14.7. The molecule has 0 heterocycles. The van der Waals surface area contributed by atoms with Crippen molar-refractivity contribution >= 4 is 17.9 Å². The van der Waals surface area contributed by atoms with Gasteiger partial charge in [-0.1, -0.05) is 297 Å². The standard InChI is InChI=1S/C86H133NO8/c1-6-8-10-12-14-16-18-20-22-24-26-28-30-32-34-36-38-40-41-42-43-45-47-49-51-53-55-57-59-61-63-65-67-69-71-73-75-77-84(89)95-82(81-94-86(85(90)91)92-79-78-87(3,4)5)80-93-83(88)76-74-72-70-68-66-64-62-60-58-56-54-52-50-48-46-44-39-37-35-33-31-29-27-25-23-21-19-17-15-13-11-9-7-2/h8-11,14-17,20-23,26-29,32-35,38-40,42-44,47-50,53,55,59,61,65,67,82,86H,6-7,12-13,18-19,24-25,30-31,36-37,41,45-46,51-52,54,56-58,60,62-64,66,68-81H2,1-5H3/p+1/b10-8-,11-9-,16-14-,17-15-,22-20-,23-21-,28-26-,29-27-,34-32-,35-33-,40-38-,43-42-,44-39-,49-47-,50-48-,55-53-,61-59-,67-65-. The zero-order valence-corrected chi connectivity index (χ0v) is 60.5. The Morgan fingerprint density at radius 2 is 0.568 bits per heavy atom. The SMILES string of the molecule is CC/C=C\C/C=C\C/C=C\C/C=C\C/C=C\C/C=C\C/C=C\C/C=C\C/C=C\C/C=C\C/C=C\CCCCCC(=O)OC(COC(=O)CCCCCCCCCCCCC/C=C\C/C=C\C/C=C\C/C=C\C/C=C\C/C=C\C/C=C\CC)COC(OCC[N+](C)(C)C)C(=O)O. The largest absolute Gasteiger partial charge is 0.477 e. The second-order valence-electron chi connectivity index (χ2n) is 24.8. The molecule has 0 aliphatic heterocycles. The first-order chi connectivity index (χ1) is 46.6. The Bertz CT molecular complexity index is 2370. The highest BCUT2D eigenvalue weighted by molar-refractivity contribution is 5.71. The van der Waals surface area contributed by atoms with Gasteiger partial charge in [0.15, 0.2) is 6.10 Å². The molecule has 0 amide bonds. The van der Waals surface area contributed by atoms with E-state index in [-0.39, 0.29) is 38.6 Å². The second-order valence-corrected chi connectivity index (χ2v) is 24.8. The number of unbranched alkanes of at least 4 members (excludes halogenated alkanes) is 14. The van der Waals surface area contributed by atoms with Gasteiger partial charge < -0.3 is 28.5 Å². The van der Waals surface area contributed by atoms with Crippen LogP contribution >= 0.6 is 0 Å². The first-order valence-electron chi connectivity index (χ1n) is 36.9. The van der Waals surface area contributed by atoms with E-state index in [0.717, 1.165) is 167 Å². The van der Waals surface area contributed by atoms with Crippen molar-refractivity contribution < 1.29 is 42.9 Å². The number of carboxylic acid groups (broad SMARTS) is 1. The molecule has 0 bridgehead atoms. The van der Waals surface area contributed by atoms with Gasteiger partial charge in [0, 0.05) is 12.8 Å². The third kappa shape index (κ3) is 74.9. The quantitative estimate of drug-likeness (QED) is 0.0211. The van der Waals surface area contributed by atoms with E-state index in [2.05, 4.69) is 233 Å². The van der Waals surface area contributed by atoms with Crippen molar-refractivity contribution in [3.05, 3.63) is 219 Å². The average Bonchev–Trinajstić information content (AvgIpc) is 3.75. The van der Waals surface area contributed by atoms with Gasteiger partial charge in [-0.25, -0.2) is 4.79 Å². The fourth-order valence-electron chi connectivity index (χ4n) is 9.17. The summed E-state index contributed by atoms with van der Waals surface area (Å²) in [6, 6.07) is 0. The normalized spacial score (nSPS) is 14.0. The number of aliphatic carboxylic acids is 1. The first-order valence-corrected chi connectivity index (χ1v) is 36.9. The highest BCUT2D eigenvalue weighted by atomic mass is 16.7. The van der Waals surface area contributed by atoms with E-state index in [0.29, 0.717) is 17.4 Å². The molecule has 530 valence electrons. The number of carbonyl (C=O) groups is 3. The van der Waals surface area contributed by atoms with Crippen LogP contribution in [0.25, 0.3) is 0 Å². The molecule has 0 aromatic rings. The van der Waals surface area contributed by atoms with Gasteiger partial charge in [0.25, 0.3) is 6.29 Å². The fourth-order valence-corrected chi connectivity index (χ4v) is 9.17. The molecule has 0 fully saturated rings. The van der Waals surface area contributed by atoms with Crippen LogP contribution in [-0.4, -0.2) is 87.4 Å². The van der Waals surface area contributed by atoms with Crippen LogP contribution in [0.3, 0.4) is 0 Å². The van der Waals surface area contributed by atoms with Gasteiger partial charge in [0.05, 0.1) is 34.4 Å². The van der Waals surface area contributed by atoms with E-state index in [1.165, 1.54) is 44.9 Å². The Morgan fingerprint density at radius 1 is 0.316 bits per heavy atom. The molecule has 9 heteroatoms. The predicted octanol–water partition coefficient (Wildman–Crippen LogP) is 23.7. The second kappa shape index (κ2) is 73.4. The Balaban J connectivity index is 4.26. The molecular weight excluding hydrogens is 1170 g/mol. The number of esters is 2. The molecule has 0 rings (SSSR count). The van der Waals surface area contributed by atoms with E-state index in [9.17, 15) is 19.5 Å². The molecule has 95 heavy (non-hydrogen) atoms. The van der Waals surface area contributed by atoms with Crippen LogP contribution in [0.15, 0.2) is 219 Å². The zero-order chi connectivity index (χ0) is 69.0. The summed E-state index contributed by atoms with van der Waals surface area (Å²) in [6.07, 6.45) is 113. The Morgan fingerprint density at radius 3 is 0.853 bits per heavy atom. The number of likely N-dealkylation sites (N-methyl/N-ethyl adjacent to an activating group) is 1. The van der Waals surface area contributed by atoms with Gasteiger partial charge in [-0.2, -0.15) is 0 Å². The van der Waals surface area contributed by atoms with Crippen molar-refractivity contribution in [1.82, 2.24) is 0 Å². The molecule has 0 aromatic carbocycles. The van der Waals surface area contributed by atoms with Crippen LogP contribution < -0.4 is 0 Å². The highest BCUT2D eigenvalue weighted by Crippen LogP contribution is 2.15. The summed E-state index contributed by atoms with van der Waals surface area (Å²) in [5.41, 5.74) is 0. The Hall–Kier alpha value is -6.39. The lowest BCUT2D eigenvalue weighted by molar-refractivity contribution is -0.870. The maximum Gasteiger partial charge on any atom is 0.361 e. The molecule has 9 nitrogen and oxygen atoms in total. The maximum absolute atomic E-state index is 13.0. The van der Waals surface area contributed by atoms with E-state index in [4.69, 9.17) is 18.9 Å². The monoisotopic (exact) mass is 1310 g/mol. The fraction of sp³-hybridized carbons (Fsp3) is 0.547. The lowest BCUT2D eigenvalue weighted by Gasteiger charge is -2.25.